The van der Waals surface area contributed by atoms with E-state index < -0.39 is 12.7 Å². The smallest absolute Gasteiger partial charge is 0.299 e. The second-order valence-corrected chi connectivity index (χ2v) is 7.36. The number of hydrogen-bond donors (Lipinski definition) is 0. The van der Waals surface area contributed by atoms with Crippen LogP contribution in [0.2, 0.25) is 0 Å². The van der Waals surface area contributed by atoms with Crippen molar-refractivity contribution < 1.29 is 22.4 Å². The molecule has 0 spiro atoms. The fourth-order valence-electron chi connectivity index (χ4n) is 3.70. The molecule has 0 aliphatic carbocycles. The highest BCUT2D eigenvalue weighted by Gasteiger charge is 2.33. The lowest BCUT2D eigenvalue weighted by molar-refractivity contribution is -0.148. The van der Waals surface area contributed by atoms with Crippen molar-refractivity contribution in [1.82, 2.24) is 4.90 Å². The summed E-state index contributed by atoms with van der Waals surface area (Å²) in [6.07, 6.45) is -2.09. The maximum Gasteiger partial charge on any atom is 0.401 e. The average molecular weight is 373 g/mol. The number of likely N-dealkylation sites (tertiary alicyclic amines) is 1. The van der Waals surface area contributed by atoms with E-state index in [2.05, 4.69) is 0 Å². The van der Waals surface area contributed by atoms with E-state index in [1.54, 1.807) is 13.0 Å². The summed E-state index contributed by atoms with van der Waals surface area (Å²) in [7, 11) is 0. The van der Waals surface area contributed by atoms with E-state index in [9.17, 15) is 22.4 Å². The van der Waals surface area contributed by atoms with Crippen molar-refractivity contribution in [3.8, 4) is 0 Å². The summed E-state index contributed by atoms with van der Waals surface area (Å²) in [5.74, 6) is -0.261. The zero-order valence-corrected chi connectivity index (χ0v) is 15.6. The Morgan fingerprint density at radius 1 is 1.27 bits per heavy atom. The fraction of sp³-hybridized carbons (Fsp3) is 0.650. The predicted octanol–water partition coefficient (Wildman–Crippen LogP) is 5.03. The molecule has 1 heterocycles. The summed E-state index contributed by atoms with van der Waals surface area (Å²) in [5, 5.41) is 0. The van der Waals surface area contributed by atoms with E-state index in [0.717, 1.165) is 17.5 Å². The molecule has 1 fully saturated rings. The molecular formula is C20H27F4NO. The van der Waals surface area contributed by atoms with Crippen molar-refractivity contribution in [2.24, 2.45) is 5.92 Å². The zero-order chi connectivity index (χ0) is 19.5. The number of carbonyl (C=O) groups is 1. The summed E-state index contributed by atoms with van der Waals surface area (Å²) < 4.78 is 51.8. The first-order chi connectivity index (χ1) is 12.1. The van der Waals surface area contributed by atoms with Crippen LogP contribution in [0.4, 0.5) is 17.6 Å². The Labute approximate surface area is 152 Å². The standard InChI is InChI=1S/C20H27F4NO/c1-4-13(2)18(26)11-16-5-6-17(21)14(3)19(16)15-7-9-25(10-8-15)12-20(22,23)24/h5-6,13,15H,4,7-12H2,1-3H3. The summed E-state index contributed by atoms with van der Waals surface area (Å²) in [6, 6.07) is 3.05. The molecule has 0 saturated carbocycles. The lowest BCUT2D eigenvalue weighted by Crippen LogP contribution is -2.39. The Morgan fingerprint density at radius 2 is 1.88 bits per heavy atom. The SMILES string of the molecule is CCC(C)C(=O)Cc1ccc(F)c(C)c1C1CCN(CC(F)(F)F)CC1. The van der Waals surface area contributed by atoms with Gasteiger partial charge in [0, 0.05) is 12.3 Å². The molecule has 6 heteroatoms. The van der Waals surface area contributed by atoms with E-state index in [0.29, 0.717) is 31.5 Å². The van der Waals surface area contributed by atoms with Crippen LogP contribution in [0.3, 0.4) is 0 Å². The number of benzene rings is 1. The van der Waals surface area contributed by atoms with Crippen molar-refractivity contribution in [3.63, 3.8) is 0 Å². The van der Waals surface area contributed by atoms with Gasteiger partial charge in [-0.3, -0.25) is 9.69 Å². The normalized spacial score (nSPS) is 18.1. The Bertz CT molecular complexity index is 633. The van der Waals surface area contributed by atoms with Crippen molar-refractivity contribution in [3.05, 3.63) is 34.6 Å². The van der Waals surface area contributed by atoms with Crippen LogP contribution in [0.25, 0.3) is 0 Å². The number of carbonyl (C=O) groups excluding carboxylic acids is 1. The molecular weight excluding hydrogens is 346 g/mol. The summed E-state index contributed by atoms with van der Waals surface area (Å²) in [6.45, 7) is 5.30. The first-order valence-corrected chi connectivity index (χ1v) is 9.22. The highest BCUT2D eigenvalue weighted by molar-refractivity contribution is 5.83. The minimum absolute atomic E-state index is 0.00471. The Kier molecular flexibility index (Phi) is 6.83. The van der Waals surface area contributed by atoms with Crippen LogP contribution < -0.4 is 0 Å². The predicted molar refractivity (Wildman–Crippen MR) is 93.8 cm³/mol. The van der Waals surface area contributed by atoms with Gasteiger partial charge in [0.15, 0.2) is 0 Å². The number of alkyl halides is 3. The third kappa shape index (κ3) is 5.29. The van der Waals surface area contributed by atoms with Gasteiger partial charge in [-0.05, 0) is 68.0 Å². The molecule has 0 N–H and O–H groups in total. The quantitative estimate of drug-likeness (QED) is 0.652. The molecule has 1 atom stereocenters. The molecule has 0 aromatic heterocycles. The first-order valence-electron chi connectivity index (χ1n) is 9.22. The van der Waals surface area contributed by atoms with Crippen molar-refractivity contribution in [1.29, 1.82) is 0 Å². The largest absolute Gasteiger partial charge is 0.401 e. The van der Waals surface area contributed by atoms with Crippen molar-refractivity contribution in [2.45, 2.75) is 58.5 Å². The number of ketones is 1. The van der Waals surface area contributed by atoms with Gasteiger partial charge in [-0.2, -0.15) is 13.2 Å². The van der Waals surface area contributed by atoms with Gasteiger partial charge in [0.1, 0.15) is 11.6 Å². The van der Waals surface area contributed by atoms with Gasteiger partial charge in [0.05, 0.1) is 6.54 Å². The summed E-state index contributed by atoms with van der Waals surface area (Å²) >= 11 is 0. The number of Topliss-reactive ketones (excluding diaryl/α,β-unsaturated/α-hetero) is 1. The lowest BCUT2D eigenvalue weighted by Gasteiger charge is -2.34. The molecule has 0 radical (unpaired) electrons. The van der Waals surface area contributed by atoms with Gasteiger partial charge < -0.3 is 0 Å². The minimum atomic E-state index is -4.20. The van der Waals surface area contributed by atoms with Gasteiger partial charge in [-0.15, -0.1) is 0 Å². The molecule has 1 aromatic rings. The van der Waals surface area contributed by atoms with Crippen LogP contribution in [0.15, 0.2) is 12.1 Å². The third-order valence-corrected chi connectivity index (χ3v) is 5.46. The topological polar surface area (TPSA) is 20.3 Å². The van der Waals surface area contributed by atoms with Crippen LogP contribution in [0.1, 0.15) is 55.7 Å². The van der Waals surface area contributed by atoms with Crippen molar-refractivity contribution >= 4 is 5.78 Å². The van der Waals surface area contributed by atoms with Crippen LogP contribution in [-0.4, -0.2) is 36.5 Å². The molecule has 1 aromatic carbocycles. The maximum atomic E-state index is 14.1. The Balaban J connectivity index is 2.18. The van der Waals surface area contributed by atoms with Gasteiger partial charge in [0.2, 0.25) is 0 Å². The molecule has 1 aliphatic heterocycles. The van der Waals surface area contributed by atoms with Gasteiger partial charge >= 0.3 is 6.18 Å². The summed E-state index contributed by atoms with van der Waals surface area (Å²) in [4.78, 5) is 13.8. The van der Waals surface area contributed by atoms with Crippen LogP contribution in [0, 0.1) is 18.7 Å². The van der Waals surface area contributed by atoms with E-state index in [1.165, 1.54) is 11.0 Å². The third-order valence-electron chi connectivity index (χ3n) is 5.46. The lowest BCUT2D eigenvalue weighted by atomic mass is 9.81. The van der Waals surface area contributed by atoms with Crippen LogP contribution >= 0.6 is 0 Å². The Morgan fingerprint density at radius 3 is 2.42 bits per heavy atom. The molecule has 26 heavy (non-hydrogen) atoms. The zero-order valence-electron chi connectivity index (χ0n) is 15.6. The second kappa shape index (κ2) is 8.51. The van der Waals surface area contributed by atoms with E-state index in [4.69, 9.17) is 0 Å². The number of nitrogens with zero attached hydrogens (tertiary/aromatic N) is 1. The van der Waals surface area contributed by atoms with Gasteiger partial charge in [-0.1, -0.05) is 19.9 Å². The van der Waals surface area contributed by atoms with Crippen molar-refractivity contribution in [2.75, 3.05) is 19.6 Å². The van der Waals surface area contributed by atoms with Crippen LogP contribution in [-0.2, 0) is 11.2 Å². The molecule has 146 valence electrons. The van der Waals surface area contributed by atoms with E-state index >= 15 is 0 Å². The number of piperidine rings is 1. The average Bonchev–Trinajstić information content (AvgIpc) is 2.57. The Hall–Kier alpha value is -1.43. The number of hydrogen-bond acceptors (Lipinski definition) is 2. The highest BCUT2D eigenvalue weighted by Crippen LogP contribution is 2.35. The maximum absolute atomic E-state index is 14.1. The number of halogens is 4. The van der Waals surface area contributed by atoms with Gasteiger partial charge in [-0.25, -0.2) is 4.39 Å². The molecule has 1 unspecified atom stereocenters. The molecule has 1 saturated heterocycles. The number of rotatable bonds is 6. The monoisotopic (exact) mass is 373 g/mol. The van der Waals surface area contributed by atoms with E-state index in [1.807, 2.05) is 13.8 Å². The second-order valence-electron chi connectivity index (χ2n) is 7.36. The molecule has 2 rings (SSSR count). The fourth-order valence-corrected chi connectivity index (χ4v) is 3.70. The minimum Gasteiger partial charge on any atom is -0.299 e. The highest BCUT2D eigenvalue weighted by atomic mass is 19.4. The van der Waals surface area contributed by atoms with E-state index in [-0.39, 0.29) is 29.9 Å². The molecule has 0 amide bonds. The van der Waals surface area contributed by atoms with Gasteiger partial charge in [0.25, 0.3) is 0 Å². The first kappa shape index (κ1) is 20.9. The molecule has 1 aliphatic rings. The molecule has 0 bridgehead atoms. The van der Waals surface area contributed by atoms with Crippen LogP contribution in [0.5, 0.6) is 0 Å². The molecule has 2 nitrogen and oxygen atoms in total. The summed E-state index contributed by atoms with van der Waals surface area (Å²) in [5.41, 5.74) is 2.17.